The molecule has 1 heterocycles. The van der Waals surface area contributed by atoms with Crippen molar-refractivity contribution in [3.8, 4) is 6.07 Å². The number of aliphatic imine (C=N–C) groups is 1. The summed E-state index contributed by atoms with van der Waals surface area (Å²) in [5.41, 5.74) is 10.0. The molecule has 1 aliphatic carbocycles. The minimum Gasteiger partial charge on any atom is -0.370 e. The van der Waals surface area contributed by atoms with Crippen LogP contribution in [0.15, 0.2) is 41.4 Å². The zero-order valence-electron chi connectivity index (χ0n) is 22.7. The zero-order valence-corrected chi connectivity index (χ0v) is 22.7. The third-order valence-electron chi connectivity index (χ3n) is 7.26. The van der Waals surface area contributed by atoms with Gasteiger partial charge in [0.15, 0.2) is 5.96 Å². The lowest BCUT2D eigenvalue weighted by Gasteiger charge is -2.20. The van der Waals surface area contributed by atoms with Gasteiger partial charge < -0.3 is 11.1 Å². The number of guanidine groups is 1. The molecule has 0 aromatic heterocycles. The van der Waals surface area contributed by atoms with Crippen molar-refractivity contribution in [1.82, 2.24) is 10.6 Å². The van der Waals surface area contributed by atoms with E-state index in [4.69, 9.17) is 5.73 Å². The molecule has 0 atom stereocenters. The Labute approximate surface area is 226 Å². The summed E-state index contributed by atoms with van der Waals surface area (Å²) in [7, 11) is 0. The summed E-state index contributed by atoms with van der Waals surface area (Å²) in [6, 6.07) is 10.3. The number of carbonyl (C=O) groups excluding carboxylic acids is 1. The number of amides is 1. The first kappa shape index (κ1) is 29.1. The smallest absolute Gasteiger partial charge is 0.258 e. The van der Waals surface area contributed by atoms with Gasteiger partial charge in [0.05, 0.1) is 11.6 Å². The number of nitriles is 1. The summed E-state index contributed by atoms with van der Waals surface area (Å²) >= 11 is 0. The Morgan fingerprint density at radius 1 is 1.21 bits per heavy atom. The molecule has 0 unspecified atom stereocenters. The molecule has 6 nitrogen and oxygen atoms in total. The van der Waals surface area contributed by atoms with Crippen molar-refractivity contribution in [3.63, 3.8) is 0 Å². The van der Waals surface area contributed by atoms with Crippen molar-refractivity contribution in [2.45, 2.75) is 65.2 Å². The third-order valence-corrected chi connectivity index (χ3v) is 7.26. The Kier molecular flexibility index (Phi) is 11.5. The van der Waals surface area contributed by atoms with Crippen LogP contribution in [-0.2, 0) is 12.8 Å². The van der Waals surface area contributed by atoms with Gasteiger partial charge in [-0.3, -0.25) is 15.1 Å². The predicted octanol–water partition coefficient (Wildman–Crippen LogP) is 5.43. The third kappa shape index (κ3) is 8.53. The van der Waals surface area contributed by atoms with Crippen LogP contribution in [0.1, 0.15) is 83.6 Å². The van der Waals surface area contributed by atoms with Crippen molar-refractivity contribution in [3.05, 3.63) is 75.6 Å². The number of piperidine rings is 1. The summed E-state index contributed by atoms with van der Waals surface area (Å²) in [5, 5.41) is 15.3. The van der Waals surface area contributed by atoms with Crippen molar-refractivity contribution in [2.75, 3.05) is 19.6 Å². The molecule has 2 aromatic carbocycles. The van der Waals surface area contributed by atoms with Crippen LogP contribution >= 0.6 is 0 Å². The van der Waals surface area contributed by atoms with E-state index >= 15 is 0 Å². The zero-order chi connectivity index (χ0) is 27.3. The number of allylic oxidation sites excluding steroid dienone is 1. The van der Waals surface area contributed by atoms with Gasteiger partial charge in [-0.15, -0.1) is 0 Å². The van der Waals surface area contributed by atoms with Gasteiger partial charge in [-0.05, 0) is 99.5 Å². The van der Waals surface area contributed by atoms with Gasteiger partial charge in [-0.2, -0.15) is 5.26 Å². The van der Waals surface area contributed by atoms with E-state index in [1.165, 1.54) is 37.8 Å². The molecule has 0 radical (unpaired) electrons. The van der Waals surface area contributed by atoms with Gasteiger partial charge in [-0.25, -0.2) is 4.39 Å². The number of benzene rings is 2. The van der Waals surface area contributed by atoms with Crippen molar-refractivity contribution >= 4 is 17.9 Å². The number of nitrogens with zero attached hydrogens (tertiary/aromatic N) is 2. The van der Waals surface area contributed by atoms with E-state index in [2.05, 4.69) is 21.7 Å². The van der Waals surface area contributed by atoms with E-state index in [1.54, 1.807) is 6.07 Å². The lowest BCUT2D eigenvalue weighted by Crippen LogP contribution is -2.38. The quantitative estimate of drug-likeness (QED) is 0.337. The Bertz CT molecular complexity index is 1180. The van der Waals surface area contributed by atoms with Crippen molar-refractivity contribution in [1.29, 1.82) is 5.26 Å². The highest BCUT2D eigenvalue weighted by Gasteiger charge is 2.18. The molecule has 38 heavy (non-hydrogen) atoms. The average molecular weight is 518 g/mol. The van der Waals surface area contributed by atoms with Gasteiger partial charge in [0, 0.05) is 17.7 Å². The molecule has 1 saturated heterocycles. The number of halogens is 1. The topological polar surface area (TPSA) is 103 Å². The Hall–Kier alpha value is -3.50. The second-order valence-corrected chi connectivity index (χ2v) is 10.0. The fraction of sp³-hybridized carbons (Fsp3) is 0.452. The standard InChI is InChI=1S/C27H32FN5O.C4H8/c1-3-5-21-14-20(16-29)15-22(18(21)2)8-9-23-24(6-4-7-25(23)28)26(34)33-27(30)32-17-19-10-12-31-13-11-19;1-2-4-3-1/h3-7,14-15,19,31H,8-13,17H2,1-2H3,(H3,30,32,33,34);1-4H2/b5-3-;. The molecule has 0 spiro atoms. The molecule has 4 N–H and O–H groups in total. The molecule has 2 fully saturated rings. The van der Waals surface area contributed by atoms with Gasteiger partial charge in [0.25, 0.3) is 5.91 Å². The number of hydrogen-bond donors (Lipinski definition) is 3. The van der Waals surface area contributed by atoms with E-state index in [0.29, 0.717) is 36.4 Å². The molecule has 2 aliphatic rings. The van der Waals surface area contributed by atoms with Crippen LogP contribution < -0.4 is 16.4 Å². The van der Waals surface area contributed by atoms with Gasteiger partial charge in [0.1, 0.15) is 5.82 Å². The summed E-state index contributed by atoms with van der Waals surface area (Å²) in [6.07, 6.45) is 12.7. The van der Waals surface area contributed by atoms with Crippen molar-refractivity contribution < 1.29 is 9.18 Å². The Balaban J connectivity index is 0.000000912. The van der Waals surface area contributed by atoms with E-state index in [0.717, 1.165) is 42.6 Å². The molecule has 202 valence electrons. The maximum absolute atomic E-state index is 14.8. The highest BCUT2D eigenvalue weighted by Crippen LogP contribution is 2.22. The molecule has 0 bridgehead atoms. The van der Waals surface area contributed by atoms with E-state index in [-0.39, 0.29) is 11.5 Å². The monoisotopic (exact) mass is 517 g/mol. The highest BCUT2D eigenvalue weighted by atomic mass is 19.1. The first-order valence-electron chi connectivity index (χ1n) is 13.7. The number of hydrogen-bond acceptors (Lipinski definition) is 4. The minimum absolute atomic E-state index is 0.0484. The SMILES string of the molecule is C/C=C\c1cc(C#N)cc(CCc2c(F)cccc2C(=O)NC(N)=NCC2CCNCC2)c1C.C1CCC1. The Morgan fingerprint density at radius 3 is 2.55 bits per heavy atom. The Morgan fingerprint density at radius 2 is 1.92 bits per heavy atom. The molecule has 1 amide bonds. The number of nitrogens with two attached hydrogens (primary N) is 1. The van der Waals surface area contributed by atoms with Crippen LogP contribution in [0.2, 0.25) is 0 Å². The first-order chi connectivity index (χ1) is 18.4. The second kappa shape index (κ2) is 15.0. The van der Waals surface area contributed by atoms with Crippen LogP contribution in [-0.4, -0.2) is 31.5 Å². The highest BCUT2D eigenvalue weighted by molar-refractivity contribution is 6.06. The van der Waals surface area contributed by atoms with Crippen LogP contribution in [0.5, 0.6) is 0 Å². The number of aryl methyl sites for hydroxylation is 1. The minimum atomic E-state index is -0.474. The average Bonchev–Trinajstić information content (AvgIpc) is 2.88. The van der Waals surface area contributed by atoms with Crippen LogP contribution in [0.25, 0.3) is 6.08 Å². The fourth-order valence-electron chi connectivity index (χ4n) is 4.53. The summed E-state index contributed by atoms with van der Waals surface area (Å²) in [4.78, 5) is 17.2. The maximum atomic E-state index is 14.8. The van der Waals surface area contributed by atoms with Gasteiger partial charge in [0.2, 0.25) is 0 Å². The van der Waals surface area contributed by atoms with Gasteiger partial charge >= 0.3 is 0 Å². The van der Waals surface area contributed by atoms with E-state index < -0.39 is 11.7 Å². The van der Waals surface area contributed by atoms with Crippen LogP contribution in [0.3, 0.4) is 0 Å². The summed E-state index contributed by atoms with van der Waals surface area (Å²) < 4.78 is 14.8. The molecule has 1 saturated carbocycles. The number of rotatable bonds is 7. The van der Waals surface area contributed by atoms with Gasteiger partial charge in [-0.1, -0.05) is 43.9 Å². The molecule has 1 aliphatic heterocycles. The maximum Gasteiger partial charge on any atom is 0.258 e. The molecule has 4 rings (SSSR count). The first-order valence-corrected chi connectivity index (χ1v) is 13.7. The molecular formula is C31H40FN5O. The number of carbonyl (C=O) groups is 1. The second-order valence-electron chi connectivity index (χ2n) is 10.0. The largest absolute Gasteiger partial charge is 0.370 e. The van der Waals surface area contributed by atoms with Crippen LogP contribution in [0, 0.1) is 30.0 Å². The fourth-order valence-corrected chi connectivity index (χ4v) is 4.53. The van der Waals surface area contributed by atoms with Crippen molar-refractivity contribution in [2.24, 2.45) is 16.6 Å². The lowest BCUT2D eigenvalue weighted by atomic mass is 9.92. The summed E-state index contributed by atoms with van der Waals surface area (Å²) in [6.45, 7) is 6.40. The van der Waals surface area contributed by atoms with E-state index in [9.17, 15) is 14.4 Å². The van der Waals surface area contributed by atoms with E-state index in [1.807, 2.05) is 38.1 Å². The molecule has 2 aromatic rings. The summed E-state index contributed by atoms with van der Waals surface area (Å²) in [5.74, 6) is -0.424. The predicted molar refractivity (Wildman–Crippen MR) is 152 cm³/mol. The molecule has 7 heteroatoms. The normalized spacial score (nSPS) is 15.8. The van der Waals surface area contributed by atoms with Crippen LogP contribution in [0.4, 0.5) is 4.39 Å². The molecular weight excluding hydrogens is 477 g/mol. The number of nitrogens with one attached hydrogen (secondary N) is 2. The lowest BCUT2D eigenvalue weighted by molar-refractivity contribution is 0.0975.